The van der Waals surface area contributed by atoms with Crippen LogP contribution in [0.2, 0.25) is 0 Å². The lowest BCUT2D eigenvalue weighted by Gasteiger charge is -2.19. The number of benzene rings is 2. The van der Waals surface area contributed by atoms with E-state index in [0.29, 0.717) is 0 Å². The van der Waals surface area contributed by atoms with Crippen LogP contribution in [0.5, 0.6) is 11.5 Å². The van der Waals surface area contributed by atoms with Gasteiger partial charge in [-0.1, -0.05) is 24.3 Å². The topological polar surface area (TPSA) is 44.5 Å². The lowest BCUT2D eigenvalue weighted by Crippen LogP contribution is -2.14. The summed E-state index contributed by atoms with van der Waals surface area (Å²) in [5.41, 5.74) is 12.2. The van der Waals surface area contributed by atoms with E-state index in [9.17, 15) is 0 Å². The van der Waals surface area contributed by atoms with Crippen molar-refractivity contribution in [3.63, 3.8) is 0 Å². The maximum absolute atomic E-state index is 6.48. The molecule has 0 aromatic heterocycles. The molecule has 1 heterocycles. The van der Waals surface area contributed by atoms with Gasteiger partial charge >= 0.3 is 0 Å². The van der Waals surface area contributed by atoms with Crippen molar-refractivity contribution in [3.8, 4) is 11.5 Å². The van der Waals surface area contributed by atoms with Crippen LogP contribution in [0.25, 0.3) is 0 Å². The van der Waals surface area contributed by atoms with E-state index in [4.69, 9.17) is 15.2 Å². The third kappa shape index (κ3) is 2.38. The summed E-state index contributed by atoms with van der Waals surface area (Å²) in [6.07, 6.45) is 0.958. The minimum Gasteiger partial charge on any atom is -0.496 e. The van der Waals surface area contributed by atoms with E-state index in [1.54, 1.807) is 7.11 Å². The Balaban J connectivity index is 2.02. The summed E-state index contributed by atoms with van der Waals surface area (Å²) in [6.45, 7) is 4.92. The van der Waals surface area contributed by atoms with Crippen LogP contribution in [0, 0.1) is 13.8 Å². The molecule has 0 spiro atoms. The van der Waals surface area contributed by atoms with Gasteiger partial charge in [0.15, 0.2) is 0 Å². The highest BCUT2D eigenvalue weighted by Crippen LogP contribution is 2.35. The Bertz CT molecular complexity index is 679. The van der Waals surface area contributed by atoms with Gasteiger partial charge in [-0.25, -0.2) is 0 Å². The molecule has 2 aromatic carbocycles. The van der Waals surface area contributed by atoms with Crippen LogP contribution in [0.1, 0.15) is 33.9 Å². The molecule has 0 saturated carbocycles. The molecule has 1 aliphatic heterocycles. The molecule has 0 fully saturated rings. The molecule has 1 unspecified atom stereocenters. The van der Waals surface area contributed by atoms with Gasteiger partial charge in [0.1, 0.15) is 11.5 Å². The summed E-state index contributed by atoms with van der Waals surface area (Å²) in [5.74, 6) is 1.87. The predicted octanol–water partition coefficient (Wildman–Crippen LogP) is 3.30. The van der Waals surface area contributed by atoms with Gasteiger partial charge in [-0.15, -0.1) is 0 Å². The molecule has 110 valence electrons. The average Bonchev–Trinajstić information content (AvgIpc) is 2.96. The highest BCUT2D eigenvalue weighted by molar-refractivity contribution is 5.51. The Morgan fingerprint density at radius 2 is 2.00 bits per heavy atom. The number of hydrogen-bond acceptors (Lipinski definition) is 3. The summed E-state index contributed by atoms with van der Waals surface area (Å²) in [6, 6.07) is 10.2. The van der Waals surface area contributed by atoms with Crippen LogP contribution in [0.3, 0.4) is 0 Å². The van der Waals surface area contributed by atoms with E-state index in [2.05, 4.69) is 32.0 Å². The average molecular weight is 283 g/mol. The predicted molar refractivity (Wildman–Crippen MR) is 84.1 cm³/mol. The number of nitrogens with two attached hydrogens (primary N) is 1. The maximum atomic E-state index is 6.48. The number of rotatable bonds is 3. The first-order valence-corrected chi connectivity index (χ1v) is 7.27. The molecular weight excluding hydrogens is 262 g/mol. The summed E-state index contributed by atoms with van der Waals surface area (Å²) in [7, 11) is 1.70. The van der Waals surface area contributed by atoms with Crippen LogP contribution in [-0.2, 0) is 6.42 Å². The van der Waals surface area contributed by atoms with Gasteiger partial charge in [0, 0.05) is 12.0 Å². The molecule has 0 radical (unpaired) electrons. The lowest BCUT2D eigenvalue weighted by molar-refractivity contribution is 0.357. The van der Waals surface area contributed by atoms with Crippen molar-refractivity contribution in [2.24, 2.45) is 5.73 Å². The largest absolute Gasteiger partial charge is 0.496 e. The van der Waals surface area contributed by atoms with Gasteiger partial charge in [0.2, 0.25) is 0 Å². The summed E-state index contributed by atoms with van der Waals surface area (Å²) >= 11 is 0. The van der Waals surface area contributed by atoms with Gasteiger partial charge in [0.05, 0.1) is 19.8 Å². The van der Waals surface area contributed by atoms with E-state index in [-0.39, 0.29) is 6.04 Å². The van der Waals surface area contributed by atoms with Crippen molar-refractivity contribution < 1.29 is 9.47 Å². The Kier molecular flexibility index (Phi) is 3.60. The van der Waals surface area contributed by atoms with Crippen molar-refractivity contribution in [1.29, 1.82) is 0 Å². The first-order valence-electron chi connectivity index (χ1n) is 7.27. The van der Waals surface area contributed by atoms with Crippen molar-refractivity contribution in [3.05, 3.63) is 58.1 Å². The molecule has 0 saturated heterocycles. The van der Waals surface area contributed by atoms with Gasteiger partial charge in [-0.2, -0.15) is 0 Å². The number of hydrogen-bond donors (Lipinski definition) is 1. The zero-order valence-electron chi connectivity index (χ0n) is 12.8. The van der Waals surface area contributed by atoms with Crippen LogP contribution >= 0.6 is 0 Å². The van der Waals surface area contributed by atoms with E-state index >= 15 is 0 Å². The second-order valence-electron chi connectivity index (χ2n) is 5.57. The number of ether oxygens (including phenoxy) is 2. The number of methoxy groups -OCH3 is 1. The molecule has 0 amide bonds. The van der Waals surface area contributed by atoms with Gasteiger partial charge in [0.25, 0.3) is 0 Å². The Morgan fingerprint density at radius 3 is 2.76 bits per heavy atom. The smallest absolute Gasteiger partial charge is 0.127 e. The second kappa shape index (κ2) is 5.41. The number of aryl methyl sites for hydroxylation is 1. The first-order chi connectivity index (χ1) is 10.1. The van der Waals surface area contributed by atoms with Crippen molar-refractivity contribution >= 4 is 0 Å². The van der Waals surface area contributed by atoms with E-state index in [1.807, 2.05) is 12.1 Å². The Morgan fingerprint density at radius 1 is 1.19 bits per heavy atom. The Labute approximate surface area is 125 Å². The van der Waals surface area contributed by atoms with E-state index < -0.39 is 0 Å². The molecule has 3 nitrogen and oxygen atoms in total. The Hall–Kier alpha value is -2.00. The third-order valence-corrected chi connectivity index (χ3v) is 4.32. The van der Waals surface area contributed by atoms with Crippen LogP contribution in [-0.4, -0.2) is 13.7 Å². The zero-order chi connectivity index (χ0) is 15.0. The zero-order valence-corrected chi connectivity index (χ0v) is 12.8. The molecule has 3 rings (SSSR count). The molecule has 3 heteroatoms. The fourth-order valence-corrected chi connectivity index (χ4v) is 2.91. The van der Waals surface area contributed by atoms with E-state index in [1.165, 1.54) is 11.1 Å². The highest BCUT2D eigenvalue weighted by atomic mass is 16.5. The van der Waals surface area contributed by atoms with Crippen LogP contribution < -0.4 is 15.2 Å². The van der Waals surface area contributed by atoms with Gasteiger partial charge < -0.3 is 15.2 Å². The van der Waals surface area contributed by atoms with E-state index in [0.717, 1.165) is 41.2 Å². The molecular formula is C18H21NO2. The third-order valence-electron chi connectivity index (χ3n) is 4.32. The normalized spacial score (nSPS) is 14.5. The molecule has 1 aliphatic rings. The maximum Gasteiger partial charge on any atom is 0.127 e. The lowest BCUT2D eigenvalue weighted by atomic mass is 9.93. The summed E-state index contributed by atoms with van der Waals surface area (Å²) in [4.78, 5) is 0. The monoisotopic (exact) mass is 283 g/mol. The van der Waals surface area contributed by atoms with Crippen molar-refractivity contribution in [1.82, 2.24) is 0 Å². The molecule has 2 N–H and O–H groups in total. The minimum atomic E-state index is -0.190. The SMILES string of the molecule is COc1c(C(N)c2ccc3c(c2)CCO3)ccc(C)c1C. The molecule has 0 aliphatic carbocycles. The summed E-state index contributed by atoms with van der Waals surface area (Å²) in [5, 5.41) is 0. The highest BCUT2D eigenvalue weighted by Gasteiger charge is 2.19. The van der Waals surface area contributed by atoms with Crippen LogP contribution in [0.4, 0.5) is 0 Å². The molecule has 21 heavy (non-hydrogen) atoms. The molecule has 0 bridgehead atoms. The van der Waals surface area contributed by atoms with Crippen molar-refractivity contribution in [2.45, 2.75) is 26.3 Å². The van der Waals surface area contributed by atoms with Crippen LogP contribution in [0.15, 0.2) is 30.3 Å². The fraction of sp³-hybridized carbons (Fsp3) is 0.333. The minimum absolute atomic E-state index is 0.190. The quantitative estimate of drug-likeness (QED) is 0.940. The van der Waals surface area contributed by atoms with Gasteiger partial charge in [-0.05, 0) is 42.2 Å². The van der Waals surface area contributed by atoms with Crippen molar-refractivity contribution in [2.75, 3.05) is 13.7 Å². The summed E-state index contributed by atoms with van der Waals surface area (Å²) < 4.78 is 11.1. The standard InChI is InChI=1S/C18H21NO2/c1-11-4-6-15(18(20-3)12(11)2)17(19)14-5-7-16-13(10-14)8-9-21-16/h4-7,10,17H,8-9,19H2,1-3H3. The molecule has 1 atom stereocenters. The first kappa shape index (κ1) is 14.0. The number of fused-ring (bicyclic) bond motifs is 1. The second-order valence-corrected chi connectivity index (χ2v) is 5.57. The van der Waals surface area contributed by atoms with Gasteiger partial charge in [-0.3, -0.25) is 0 Å². The molecule has 2 aromatic rings. The fourth-order valence-electron chi connectivity index (χ4n) is 2.91.